The first-order valence-electron chi connectivity index (χ1n) is 4.16. The summed E-state index contributed by atoms with van der Waals surface area (Å²) in [4.78, 5) is 10.7. The molecule has 0 atom stereocenters. The van der Waals surface area contributed by atoms with Crippen molar-refractivity contribution < 1.29 is 4.79 Å². The van der Waals surface area contributed by atoms with Gasteiger partial charge in [-0.1, -0.05) is 6.07 Å². The van der Waals surface area contributed by atoms with Gasteiger partial charge in [0.05, 0.1) is 0 Å². The summed E-state index contributed by atoms with van der Waals surface area (Å²) in [5.74, 6) is 0. The van der Waals surface area contributed by atoms with Crippen LogP contribution in [-0.4, -0.2) is 6.29 Å². The number of carbonyl (C=O) groups excluding carboxylic acids is 1. The third kappa shape index (κ3) is 1.27. The van der Waals surface area contributed by atoms with Crippen molar-refractivity contribution in [3.05, 3.63) is 34.2 Å². The smallest absolute Gasteiger partial charge is 0.151 e. The van der Waals surface area contributed by atoms with Crippen LogP contribution in [0.5, 0.6) is 0 Å². The Morgan fingerprint density at radius 3 is 2.77 bits per heavy atom. The molecule has 1 nitrogen and oxygen atoms in total. The molecule has 0 aliphatic heterocycles. The van der Waals surface area contributed by atoms with Gasteiger partial charge in [0, 0.05) is 21.0 Å². The molecule has 0 fully saturated rings. The molecule has 0 aliphatic carbocycles. The molecule has 13 heavy (non-hydrogen) atoms. The lowest BCUT2D eigenvalue weighted by Crippen LogP contribution is -1.81. The number of hydrogen-bond acceptors (Lipinski definition) is 2. The number of benzene rings is 1. The average Bonchev–Trinajstić information content (AvgIpc) is 2.47. The summed E-state index contributed by atoms with van der Waals surface area (Å²) in [6.07, 6.45) is 0.932. The number of thiophene rings is 1. The molecule has 0 N–H and O–H groups in total. The van der Waals surface area contributed by atoms with E-state index in [4.69, 9.17) is 0 Å². The molecule has 2 aromatic rings. The summed E-state index contributed by atoms with van der Waals surface area (Å²) in [5, 5.41) is 3.04. The van der Waals surface area contributed by atoms with E-state index in [1.165, 1.54) is 15.8 Å². The number of aryl methyl sites for hydroxylation is 2. The number of carbonyl (C=O) groups is 1. The lowest BCUT2D eigenvalue weighted by molar-refractivity contribution is 0.112. The van der Waals surface area contributed by atoms with Gasteiger partial charge in [0.2, 0.25) is 0 Å². The molecule has 0 radical (unpaired) electrons. The van der Waals surface area contributed by atoms with Crippen molar-refractivity contribution in [3.63, 3.8) is 0 Å². The van der Waals surface area contributed by atoms with Crippen molar-refractivity contribution >= 4 is 27.7 Å². The van der Waals surface area contributed by atoms with E-state index in [1.54, 1.807) is 11.3 Å². The van der Waals surface area contributed by atoms with Gasteiger partial charge in [-0.05, 0) is 31.0 Å². The van der Waals surface area contributed by atoms with E-state index in [0.717, 1.165) is 17.2 Å². The summed E-state index contributed by atoms with van der Waals surface area (Å²) in [6, 6.07) is 4.24. The molecule has 0 bridgehead atoms. The molecule has 1 aromatic heterocycles. The number of aldehydes is 1. The van der Waals surface area contributed by atoms with Gasteiger partial charge in [-0.3, -0.25) is 4.79 Å². The third-order valence-electron chi connectivity index (χ3n) is 2.17. The first-order chi connectivity index (χ1) is 6.22. The fourth-order valence-electron chi connectivity index (χ4n) is 1.66. The second-order valence-corrected chi connectivity index (χ2v) is 4.18. The van der Waals surface area contributed by atoms with E-state index in [2.05, 4.69) is 26.0 Å². The Bertz CT molecular complexity index is 468. The minimum Gasteiger partial charge on any atom is -0.298 e. The lowest BCUT2D eigenvalue weighted by atomic mass is 10.1. The van der Waals surface area contributed by atoms with Crippen molar-refractivity contribution in [3.8, 4) is 0 Å². The summed E-state index contributed by atoms with van der Waals surface area (Å²) >= 11 is 1.64. The van der Waals surface area contributed by atoms with E-state index >= 15 is 0 Å². The fraction of sp³-hybridized carbons (Fsp3) is 0.182. The van der Waals surface area contributed by atoms with Crippen LogP contribution in [0.15, 0.2) is 17.5 Å². The molecular formula is C11H10OS. The van der Waals surface area contributed by atoms with Crippen LogP contribution in [0.3, 0.4) is 0 Å². The van der Waals surface area contributed by atoms with Gasteiger partial charge < -0.3 is 0 Å². The summed E-state index contributed by atoms with van der Waals surface area (Å²) in [6.45, 7) is 4.13. The molecule has 0 spiro atoms. The van der Waals surface area contributed by atoms with Crippen molar-refractivity contribution in [2.75, 3.05) is 0 Å². The minimum atomic E-state index is 0.817. The second kappa shape index (κ2) is 2.96. The van der Waals surface area contributed by atoms with Gasteiger partial charge in [0.1, 0.15) is 0 Å². The van der Waals surface area contributed by atoms with E-state index < -0.39 is 0 Å². The molecule has 0 aliphatic rings. The zero-order chi connectivity index (χ0) is 9.42. The van der Waals surface area contributed by atoms with Crippen LogP contribution in [0, 0.1) is 13.8 Å². The lowest BCUT2D eigenvalue weighted by Gasteiger charge is -1.99. The van der Waals surface area contributed by atoms with Crippen LogP contribution in [0.1, 0.15) is 21.5 Å². The maximum Gasteiger partial charge on any atom is 0.151 e. The molecule has 2 rings (SSSR count). The monoisotopic (exact) mass is 190 g/mol. The number of hydrogen-bond donors (Lipinski definition) is 0. The van der Waals surface area contributed by atoms with E-state index in [-0.39, 0.29) is 0 Å². The zero-order valence-corrected chi connectivity index (χ0v) is 8.44. The second-order valence-electron chi connectivity index (χ2n) is 3.26. The molecule has 1 heterocycles. The molecular weight excluding hydrogens is 180 g/mol. The van der Waals surface area contributed by atoms with Gasteiger partial charge in [0.15, 0.2) is 6.29 Å². The first kappa shape index (κ1) is 8.45. The molecule has 66 valence electrons. The van der Waals surface area contributed by atoms with Crippen molar-refractivity contribution in [1.29, 1.82) is 0 Å². The number of fused-ring (bicyclic) bond motifs is 1. The highest BCUT2D eigenvalue weighted by Gasteiger charge is 2.05. The quantitative estimate of drug-likeness (QED) is 0.630. The summed E-state index contributed by atoms with van der Waals surface area (Å²) < 4.78 is 1.21. The average molecular weight is 190 g/mol. The first-order valence-corrected chi connectivity index (χ1v) is 5.04. The maximum atomic E-state index is 10.7. The highest BCUT2D eigenvalue weighted by molar-refractivity contribution is 7.17. The van der Waals surface area contributed by atoms with Gasteiger partial charge in [-0.15, -0.1) is 11.3 Å². The normalized spacial score (nSPS) is 10.6. The van der Waals surface area contributed by atoms with Crippen LogP contribution >= 0.6 is 11.3 Å². The Hall–Kier alpha value is -1.15. The Morgan fingerprint density at radius 1 is 1.31 bits per heavy atom. The summed E-state index contributed by atoms with van der Waals surface area (Å²) in [5.41, 5.74) is 3.26. The molecule has 0 amide bonds. The van der Waals surface area contributed by atoms with Crippen molar-refractivity contribution in [2.24, 2.45) is 0 Å². The van der Waals surface area contributed by atoms with Crippen molar-refractivity contribution in [2.45, 2.75) is 13.8 Å². The highest BCUT2D eigenvalue weighted by Crippen LogP contribution is 2.28. The van der Waals surface area contributed by atoms with E-state index in [9.17, 15) is 4.79 Å². The number of rotatable bonds is 1. The molecule has 1 aromatic carbocycles. The van der Waals surface area contributed by atoms with Crippen LogP contribution in [0.25, 0.3) is 10.1 Å². The Labute approximate surface area is 81.0 Å². The Balaban J connectivity index is 2.89. The Kier molecular flexibility index (Phi) is 1.93. The predicted octanol–water partition coefficient (Wildman–Crippen LogP) is 3.33. The molecule has 0 saturated carbocycles. The van der Waals surface area contributed by atoms with Crippen LogP contribution in [-0.2, 0) is 0 Å². The van der Waals surface area contributed by atoms with Crippen molar-refractivity contribution in [1.82, 2.24) is 0 Å². The highest BCUT2D eigenvalue weighted by atomic mass is 32.1. The van der Waals surface area contributed by atoms with Gasteiger partial charge in [-0.25, -0.2) is 0 Å². The van der Waals surface area contributed by atoms with Crippen LogP contribution in [0.4, 0.5) is 0 Å². The van der Waals surface area contributed by atoms with Crippen LogP contribution < -0.4 is 0 Å². The van der Waals surface area contributed by atoms with Gasteiger partial charge in [0.25, 0.3) is 0 Å². The molecule has 0 saturated heterocycles. The zero-order valence-electron chi connectivity index (χ0n) is 7.63. The van der Waals surface area contributed by atoms with Gasteiger partial charge >= 0.3 is 0 Å². The largest absolute Gasteiger partial charge is 0.298 e. The predicted molar refractivity (Wildman–Crippen MR) is 56.7 cm³/mol. The standard InChI is InChI=1S/C11H10OS/c1-7-3-8(2)11-9(5-12)6-13-10(11)4-7/h3-6H,1-2H3. The maximum absolute atomic E-state index is 10.7. The Morgan fingerprint density at radius 2 is 2.08 bits per heavy atom. The SMILES string of the molecule is Cc1cc(C)c2c(C=O)csc2c1. The minimum absolute atomic E-state index is 0.817. The summed E-state index contributed by atoms with van der Waals surface area (Å²) in [7, 11) is 0. The molecule has 2 heteroatoms. The van der Waals surface area contributed by atoms with E-state index in [0.29, 0.717) is 0 Å². The van der Waals surface area contributed by atoms with E-state index in [1.807, 2.05) is 5.38 Å². The fourth-order valence-corrected chi connectivity index (χ4v) is 2.74. The van der Waals surface area contributed by atoms with Crippen LogP contribution in [0.2, 0.25) is 0 Å². The van der Waals surface area contributed by atoms with Gasteiger partial charge in [-0.2, -0.15) is 0 Å². The topological polar surface area (TPSA) is 17.1 Å². The molecule has 0 unspecified atom stereocenters. The third-order valence-corrected chi connectivity index (χ3v) is 3.12.